The van der Waals surface area contributed by atoms with Crippen molar-refractivity contribution in [2.24, 2.45) is 0 Å². The molecule has 0 bridgehead atoms. The number of hydrogen-bond donors (Lipinski definition) is 1. The minimum atomic E-state index is 0.207. The van der Waals surface area contributed by atoms with Gasteiger partial charge in [-0.15, -0.1) is 0 Å². The van der Waals surface area contributed by atoms with Gasteiger partial charge in [0, 0.05) is 32.0 Å². The second-order valence-corrected chi connectivity index (χ2v) is 7.22. The van der Waals surface area contributed by atoms with Gasteiger partial charge in [-0.25, -0.2) is 14.6 Å². The molecule has 1 fully saturated rings. The number of nitriles is 1. The summed E-state index contributed by atoms with van der Waals surface area (Å²) in [5.74, 6) is 1.40. The molecule has 3 aromatic rings. The normalized spacial score (nSPS) is 16.2. The number of hydrogen-bond acceptors (Lipinski definition) is 7. The topological polar surface area (TPSA) is 106 Å². The Kier molecular flexibility index (Phi) is 4.91. The highest BCUT2D eigenvalue weighted by atomic mass is 16.5. The van der Waals surface area contributed by atoms with Crippen molar-refractivity contribution < 1.29 is 4.74 Å². The molecule has 0 spiro atoms. The van der Waals surface area contributed by atoms with E-state index in [2.05, 4.69) is 16.1 Å². The standard InChI is InChI=1S/C21H23N7O/c1-13-9-14(2)28(26-13)20-10-17(23)16(11-22)21(25-20)18-5-4-6-19(24-18)27-8-7-15(12-27)29-3/h4-6,9-10,15H,7-8,12H2,1-3H3,(H2,23,25)/t15-/m1/s1. The molecule has 1 aliphatic rings. The highest BCUT2D eigenvalue weighted by Gasteiger charge is 2.24. The Morgan fingerprint density at radius 3 is 2.69 bits per heavy atom. The Hall–Kier alpha value is -3.44. The lowest BCUT2D eigenvalue weighted by atomic mass is 10.1. The summed E-state index contributed by atoms with van der Waals surface area (Å²) in [4.78, 5) is 11.7. The predicted molar refractivity (Wildman–Crippen MR) is 111 cm³/mol. The molecule has 0 saturated carbocycles. The molecule has 4 rings (SSSR count). The van der Waals surface area contributed by atoms with Gasteiger partial charge < -0.3 is 15.4 Å². The van der Waals surface area contributed by atoms with Gasteiger partial charge in [-0.2, -0.15) is 10.4 Å². The van der Waals surface area contributed by atoms with Crippen molar-refractivity contribution in [3.63, 3.8) is 0 Å². The lowest BCUT2D eigenvalue weighted by Gasteiger charge is -2.18. The van der Waals surface area contributed by atoms with Gasteiger partial charge in [-0.1, -0.05) is 6.07 Å². The number of nitrogens with two attached hydrogens (primary N) is 1. The van der Waals surface area contributed by atoms with Crippen LogP contribution in [0.4, 0.5) is 11.5 Å². The lowest BCUT2D eigenvalue weighted by Crippen LogP contribution is -2.23. The molecule has 0 unspecified atom stereocenters. The van der Waals surface area contributed by atoms with E-state index < -0.39 is 0 Å². The zero-order valence-electron chi connectivity index (χ0n) is 16.8. The van der Waals surface area contributed by atoms with E-state index in [0.717, 1.165) is 36.7 Å². The van der Waals surface area contributed by atoms with E-state index in [-0.39, 0.29) is 6.10 Å². The van der Waals surface area contributed by atoms with E-state index in [1.54, 1.807) is 17.9 Å². The lowest BCUT2D eigenvalue weighted by molar-refractivity contribution is 0.121. The molecule has 8 nitrogen and oxygen atoms in total. The second kappa shape index (κ2) is 7.53. The van der Waals surface area contributed by atoms with Gasteiger partial charge in [0.1, 0.15) is 23.1 Å². The quantitative estimate of drug-likeness (QED) is 0.731. The van der Waals surface area contributed by atoms with E-state index >= 15 is 0 Å². The maximum atomic E-state index is 9.68. The first-order valence-electron chi connectivity index (χ1n) is 9.49. The van der Waals surface area contributed by atoms with Crippen LogP contribution in [-0.2, 0) is 4.74 Å². The summed E-state index contributed by atoms with van der Waals surface area (Å²) >= 11 is 0. The third-order valence-corrected chi connectivity index (χ3v) is 5.15. The van der Waals surface area contributed by atoms with Gasteiger partial charge in [-0.05, 0) is 38.5 Å². The largest absolute Gasteiger partial charge is 0.397 e. The Morgan fingerprint density at radius 2 is 2.03 bits per heavy atom. The van der Waals surface area contributed by atoms with Crippen LogP contribution in [0.2, 0.25) is 0 Å². The minimum Gasteiger partial charge on any atom is -0.397 e. The van der Waals surface area contributed by atoms with Crippen LogP contribution in [0, 0.1) is 25.2 Å². The van der Waals surface area contributed by atoms with Crippen LogP contribution >= 0.6 is 0 Å². The number of methoxy groups -OCH3 is 1. The third-order valence-electron chi connectivity index (χ3n) is 5.15. The van der Waals surface area contributed by atoms with Gasteiger partial charge in [0.2, 0.25) is 0 Å². The van der Waals surface area contributed by atoms with Crippen LogP contribution in [0.25, 0.3) is 17.2 Å². The summed E-state index contributed by atoms with van der Waals surface area (Å²) in [6.45, 7) is 5.54. The van der Waals surface area contributed by atoms with Gasteiger partial charge in [0.05, 0.1) is 23.2 Å². The molecule has 1 atom stereocenters. The van der Waals surface area contributed by atoms with Crippen LogP contribution in [-0.4, -0.2) is 46.1 Å². The van der Waals surface area contributed by atoms with E-state index in [4.69, 9.17) is 20.4 Å². The molecule has 3 aromatic heterocycles. The van der Waals surface area contributed by atoms with Crippen LogP contribution in [0.3, 0.4) is 0 Å². The average molecular weight is 389 g/mol. The smallest absolute Gasteiger partial charge is 0.156 e. The van der Waals surface area contributed by atoms with Crippen molar-refractivity contribution in [3.8, 4) is 23.3 Å². The third kappa shape index (κ3) is 3.52. The molecule has 1 saturated heterocycles. The van der Waals surface area contributed by atoms with Gasteiger partial charge in [0.25, 0.3) is 0 Å². The SMILES string of the molecule is CO[C@@H]1CCN(c2cccc(-c3nc(-n4nc(C)cc4C)cc(N)c3C#N)n2)C1. The maximum absolute atomic E-state index is 9.68. The van der Waals surface area contributed by atoms with Crippen molar-refractivity contribution in [1.29, 1.82) is 5.26 Å². The van der Waals surface area contributed by atoms with Gasteiger partial charge in [0.15, 0.2) is 5.82 Å². The summed E-state index contributed by atoms with van der Waals surface area (Å²) in [6.07, 6.45) is 1.17. The van der Waals surface area contributed by atoms with Gasteiger partial charge in [-0.3, -0.25) is 0 Å². The maximum Gasteiger partial charge on any atom is 0.156 e. The molecule has 0 radical (unpaired) electrons. The van der Waals surface area contributed by atoms with Crippen molar-refractivity contribution in [2.45, 2.75) is 26.4 Å². The fourth-order valence-corrected chi connectivity index (χ4v) is 3.68. The molecule has 8 heteroatoms. The number of pyridine rings is 2. The second-order valence-electron chi connectivity index (χ2n) is 7.22. The first-order valence-corrected chi connectivity index (χ1v) is 9.49. The Morgan fingerprint density at radius 1 is 1.21 bits per heavy atom. The number of aryl methyl sites for hydroxylation is 2. The summed E-state index contributed by atoms with van der Waals surface area (Å²) in [5.41, 5.74) is 9.76. The highest BCUT2D eigenvalue weighted by Crippen LogP contribution is 2.29. The zero-order chi connectivity index (χ0) is 20.5. The van der Waals surface area contributed by atoms with Crippen molar-refractivity contribution in [2.75, 3.05) is 30.8 Å². The van der Waals surface area contributed by atoms with Crippen molar-refractivity contribution >= 4 is 11.5 Å². The van der Waals surface area contributed by atoms with Crippen molar-refractivity contribution in [1.82, 2.24) is 19.7 Å². The monoisotopic (exact) mass is 389 g/mol. The number of rotatable bonds is 4. The van der Waals surface area contributed by atoms with E-state index in [1.807, 2.05) is 38.1 Å². The predicted octanol–water partition coefficient (Wildman–Crippen LogP) is 2.63. The molecule has 4 heterocycles. The molecule has 0 amide bonds. The van der Waals surface area contributed by atoms with Crippen LogP contribution < -0.4 is 10.6 Å². The summed E-state index contributed by atoms with van der Waals surface area (Å²) in [5, 5.41) is 14.2. The number of nitrogen functional groups attached to an aromatic ring is 1. The molecule has 0 aliphatic carbocycles. The van der Waals surface area contributed by atoms with Gasteiger partial charge >= 0.3 is 0 Å². The average Bonchev–Trinajstić information content (AvgIpc) is 3.33. The van der Waals surface area contributed by atoms with Crippen LogP contribution in [0.15, 0.2) is 30.3 Å². The Bertz CT molecular complexity index is 1100. The number of anilines is 2. The summed E-state index contributed by atoms with van der Waals surface area (Å²) in [7, 11) is 1.73. The molecule has 2 N–H and O–H groups in total. The zero-order valence-corrected chi connectivity index (χ0v) is 16.8. The Balaban J connectivity index is 1.79. The number of ether oxygens (including phenoxy) is 1. The number of aromatic nitrogens is 4. The van der Waals surface area contributed by atoms with Crippen LogP contribution in [0.5, 0.6) is 0 Å². The fourth-order valence-electron chi connectivity index (χ4n) is 3.68. The molecular formula is C21H23N7O. The molecule has 1 aliphatic heterocycles. The summed E-state index contributed by atoms with van der Waals surface area (Å²) in [6, 6.07) is 11.5. The minimum absolute atomic E-state index is 0.207. The summed E-state index contributed by atoms with van der Waals surface area (Å²) < 4.78 is 7.18. The first-order chi connectivity index (χ1) is 14.0. The molecule has 148 valence electrons. The molecular weight excluding hydrogens is 366 g/mol. The van der Waals surface area contributed by atoms with E-state index in [0.29, 0.717) is 28.5 Å². The molecule has 29 heavy (non-hydrogen) atoms. The van der Waals surface area contributed by atoms with E-state index in [9.17, 15) is 5.26 Å². The highest BCUT2D eigenvalue weighted by molar-refractivity contribution is 5.74. The number of nitrogens with zero attached hydrogens (tertiary/aromatic N) is 6. The van der Waals surface area contributed by atoms with E-state index in [1.165, 1.54) is 0 Å². The first kappa shape index (κ1) is 18.9. The Labute approximate surface area is 169 Å². The van der Waals surface area contributed by atoms with Crippen LogP contribution in [0.1, 0.15) is 23.4 Å². The fraction of sp³-hybridized carbons (Fsp3) is 0.333. The van der Waals surface area contributed by atoms with Crippen molar-refractivity contribution in [3.05, 3.63) is 47.3 Å². The molecule has 0 aromatic carbocycles.